The molecule has 186 valence electrons. The summed E-state index contributed by atoms with van der Waals surface area (Å²) < 4.78 is 5.97. The number of ether oxygens (including phenoxy) is 1. The number of benzene rings is 2. The summed E-state index contributed by atoms with van der Waals surface area (Å²) in [5, 5.41) is 20.5. The fourth-order valence-electron chi connectivity index (χ4n) is 3.94. The number of hydrogen-bond donors (Lipinski definition) is 1. The molecule has 8 nitrogen and oxygen atoms in total. The van der Waals surface area contributed by atoms with Crippen molar-refractivity contribution < 1.29 is 19.4 Å². The van der Waals surface area contributed by atoms with Crippen LogP contribution < -0.4 is 9.64 Å². The molecule has 11 heteroatoms. The first kappa shape index (κ1) is 24.9. The van der Waals surface area contributed by atoms with Crippen LogP contribution in [-0.4, -0.2) is 39.1 Å². The molecule has 3 heterocycles. The zero-order chi connectivity index (χ0) is 25.9. The molecule has 1 aliphatic rings. The van der Waals surface area contributed by atoms with Crippen molar-refractivity contribution in [1.82, 2.24) is 15.2 Å². The number of ketones is 1. The molecule has 1 unspecified atom stereocenters. The first-order valence-corrected chi connectivity index (χ1v) is 13.2. The van der Waals surface area contributed by atoms with Crippen LogP contribution in [0.3, 0.4) is 0 Å². The molecule has 1 saturated heterocycles. The van der Waals surface area contributed by atoms with Crippen LogP contribution in [0.1, 0.15) is 22.7 Å². The van der Waals surface area contributed by atoms with E-state index < -0.39 is 17.7 Å². The number of amides is 1. The Morgan fingerprint density at radius 2 is 1.89 bits per heavy atom. The van der Waals surface area contributed by atoms with Gasteiger partial charge in [-0.15, -0.1) is 10.2 Å². The predicted octanol–water partition coefficient (Wildman–Crippen LogP) is 5.51. The summed E-state index contributed by atoms with van der Waals surface area (Å²) in [6.45, 7) is 0. The van der Waals surface area contributed by atoms with Gasteiger partial charge in [-0.2, -0.15) is 0 Å². The van der Waals surface area contributed by atoms with E-state index in [4.69, 9.17) is 16.3 Å². The van der Waals surface area contributed by atoms with E-state index in [9.17, 15) is 14.7 Å². The minimum atomic E-state index is -0.933. The molecule has 0 radical (unpaired) electrons. The molecule has 1 fully saturated rings. The Labute approximate surface area is 225 Å². The van der Waals surface area contributed by atoms with Crippen molar-refractivity contribution in [2.45, 2.75) is 16.1 Å². The van der Waals surface area contributed by atoms with Crippen LogP contribution in [0.5, 0.6) is 5.75 Å². The molecule has 1 N–H and O–H groups in total. The second-order valence-electron chi connectivity index (χ2n) is 7.91. The number of carbonyl (C=O) groups excluding carboxylic acids is 2. The van der Waals surface area contributed by atoms with Crippen LogP contribution in [0.15, 0.2) is 83.0 Å². The third-order valence-corrected chi connectivity index (χ3v) is 8.19. The van der Waals surface area contributed by atoms with Crippen molar-refractivity contribution in [2.75, 3.05) is 12.0 Å². The topological polar surface area (TPSA) is 106 Å². The van der Waals surface area contributed by atoms with Crippen molar-refractivity contribution in [3.63, 3.8) is 0 Å². The molecule has 0 bridgehead atoms. The van der Waals surface area contributed by atoms with Crippen LogP contribution in [0.25, 0.3) is 5.76 Å². The third-order valence-electron chi connectivity index (χ3n) is 5.72. The molecule has 0 saturated carbocycles. The fourth-order valence-corrected chi connectivity index (χ4v) is 6.09. The van der Waals surface area contributed by atoms with Gasteiger partial charge in [0.2, 0.25) is 5.13 Å². The highest BCUT2D eigenvalue weighted by Gasteiger charge is 2.48. The zero-order valence-corrected chi connectivity index (χ0v) is 21.8. The summed E-state index contributed by atoms with van der Waals surface area (Å²) in [5.74, 6) is -0.812. The van der Waals surface area contributed by atoms with Gasteiger partial charge in [0.25, 0.3) is 5.78 Å². The van der Waals surface area contributed by atoms with Crippen LogP contribution >= 0.6 is 34.7 Å². The number of methoxy groups -OCH3 is 1. The first-order valence-electron chi connectivity index (χ1n) is 11.0. The number of thioether (sulfide) groups is 1. The quantitative estimate of drug-likeness (QED) is 0.105. The van der Waals surface area contributed by atoms with Gasteiger partial charge in [0.1, 0.15) is 11.5 Å². The van der Waals surface area contributed by atoms with Crippen molar-refractivity contribution in [3.8, 4) is 5.75 Å². The highest BCUT2D eigenvalue weighted by molar-refractivity contribution is 8.00. The maximum Gasteiger partial charge on any atom is 0.301 e. The zero-order valence-electron chi connectivity index (χ0n) is 19.4. The number of aromatic nitrogens is 3. The van der Waals surface area contributed by atoms with Crippen molar-refractivity contribution >= 4 is 57.3 Å². The largest absolute Gasteiger partial charge is 0.507 e. The maximum atomic E-state index is 13.3. The number of anilines is 1. The third kappa shape index (κ3) is 4.95. The molecule has 2 aromatic carbocycles. The van der Waals surface area contributed by atoms with Gasteiger partial charge < -0.3 is 9.84 Å². The lowest BCUT2D eigenvalue weighted by Crippen LogP contribution is -2.29. The van der Waals surface area contributed by atoms with Gasteiger partial charge in [-0.25, -0.2) is 0 Å². The molecule has 5 rings (SSSR count). The number of aliphatic hydroxyl groups excluding tert-OH is 1. The minimum Gasteiger partial charge on any atom is -0.507 e. The highest BCUT2D eigenvalue weighted by Crippen LogP contribution is 2.44. The maximum absolute atomic E-state index is 13.3. The average Bonchev–Trinajstić information content (AvgIpc) is 3.50. The monoisotopic (exact) mass is 550 g/mol. The number of Topliss-reactive ketones (excluding diaryl/α,β-unsaturated/α-hetero) is 1. The van der Waals surface area contributed by atoms with Crippen LogP contribution in [0.4, 0.5) is 5.13 Å². The Balaban J connectivity index is 1.55. The van der Waals surface area contributed by atoms with E-state index in [1.807, 2.05) is 24.3 Å². The van der Waals surface area contributed by atoms with Gasteiger partial charge in [0.05, 0.1) is 18.7 Å². The van der Waals surface area contributed by atoms with Gasteiger partial charge in [0, 0.05) is 28.7 Å². The minimum absolute atomic E-state index is 0.0510. The second kappa shape index (κ2) is 10.7. The molecular weight excluding hydrogens is 532 g/mol. The number of pyridine rings is 1. The van der Waals surface area contributed by atoms with Crippen LogP contribution in [-0.2, 0) is 15.3 Å². The first-order chi connectivity index (χ1) is 18.0. The summed E-state index contributed by atoms with van der Waals surface area (Å²) in [7, 11) is 1.53. The van der Waals surface area contributed by atoms with E-state index in [2.05, 4.69) is 15.2 Å². The Hall–Kier alpha value is -3.73. The molecular formula is C26H19ClN4O4S2. The van der Waals surface area contributed by atoms with E-state index in [0.717, 1.165) is 5.56 Å². The van der Waals surface area contributed by atoms with Gasteiger partial charge >= 0.3 is 5.91 Å². The lowest BCUT2D eigenvalue weighted by molar-refractivity contribution is -0.132. The number of halogens is 1. The molecule has 2 aromatic heterocycles. The summed E-state index contributed by atoms with van der Waals surface area (Å²) in [6.07, 6.45) is 3.00. The molecule has 1 amide bonds. The van der Waals surface area contributed by atoms with E-state index in [1.165, 1.54) is 47.5 Å². The molecule has 4 aromatic rings. The van der Waals surface area contributed by atoms with Gasteiger partial charge in [-0.3, -0.25) is 19.5 Å². The van der Waals surface area contributed by atoms with Crippen LogP contribution in [0.2, 0.25) is 5.02 Å². The summed E-state index contributed by atoms with van der Waals surface area (Å²) in [4.78, 5) is 31.8. The van der Waals surface area contributed by atoms with Gasteiger partial charge in [-0.05, 0) is 41.5 Å². The average molecular weight is 551 g/mol. The Bertz CT molecular complexity index is 1510. The van der Waals surface area contributed by atoms with Gasteiger partial charge in [-0.1, -0.05) is 65.0 Å². The molecule has 37 heavy (non-hydrogen) atoms. The second-order valence-corrected chi connectivity index (χ2v) is 10.5. The van der Waals surface area contributed by atoms with E-state index in [0.29, 0.717) is 32.0 Å². The highest BCUT2D eigenvalue weighted by atomic mass is 35.5. The lowest BCUT2D eigenvalue weighted by Gasteiger charge is -2.22. The van der Waals surface area contributed by atoms with Crippen molar-refractivity contribution in [2.24, 2.45) is 0 Å². The summed E-state index contributed by atoms with van der Waals surface area (Å²) in [6, 6.07) is 16.7. The Morgan fingerprint density at radius 3 is 2.65 bits per heavy atom. The predicted molar refractivity (Wildman–Crippen MR) is 143 cm³/mol. The van der Waals surface area contributed by atoms with E-state index >= 15 is 0 Å². The number of aliphatic hydroxyl groups is 1. The molecule has 1 aliphatic heterocycles. The van der Waals surface area contributed by atoms with Gasteiger partial charge in [0.15, 0.2) is 4.34 Å². The van der Waals surface area contributed by atoms with Crippen molar-refractivity contribution in [1.29, 1.82) is 0 Å². The van der Waals surface area contributed by atoms with Crippen molar-refractivity contribution in [3.05, 3.63) is 100 Å². The number of rotatable bonds is 7. The summed E-state index contributed by atoms with van der Waals surface area (Å²) in [5.41, 5.74) is 1.84. The smallest absolute Gasteiger partial charge is 0.301 e. The molecule has 0 aliphatic carbocycles. The summed E-state index contributed by atoms with van der Waals surface area (Å²) >= 11 is 8.87. The Kier molecular flexibility index (Phi) is 7.22. The SMILES string of the molecule is COc1cccc(C2C(=C(O)c3ccncc3)C(=O)C(=O)N2c2nnc(SCc3ccccc3Cl)s2)c1. The van der Waals surface area contributed by atoms with E-state index in [1.54, 1.807) is 36.4 Å². The lowest BCUT2D eigenvalue weighted by atomic mass is 9.95. The number of nitrogens with zero attached hydrogens (tertiary/aromatic N) is 4. The molecule has 1 atom stereocenters. The normalized spacial score (nSPS) is 16.8. The standard InChI is InChI=1S/C26H19ClN4O4S2/c1-35-18-7-4-6-16(13-18)21-20(22(32)15-9-11-28-12-10-15)23(33)24(34)31(21)25-29-30-26(37-25)36-14-17-5-2-3-8-19(17)27/h2-13,21,32H,14H2,1H3. The fraction of sp³-hybridized carbons (Fsp3) is 0.115. The number of hydrogen-bond acceptors (Lipinski definition) is 9. The number of carbonyl (C=O) groups is 2. The van der Waals surface area contributed by atoms with E-state index in [-0.39, 0.29) is 16.5 Å². The van der Waals surface area contributed by atoms with Crippen LogP contribution in [0, 0.1) is 0 Å². The Morgan fingerprint density at radius 1 is 1.11 bits per heavy atom. The molecule has 0 spiro atoms.